The maximum Gasteiger partial charge on any atom is 0.260 e. The molecule has 1 fully saturated rings. The van der Waals surface area contributed by atoms with Crippen LogP contribution in [0.3, 0.4) is 0 Å². The summed E-state index contributed by atoms with van der Waals surface area (Å²) in [6.07, 6.45) is -0.614. The smallest absolute Gasteiger partial charge is 0.260 e. The highest BCUT2D eigenvalue weighted by molar-refractivity contribution is 7.17. The van der Waals surface area contributed by atoms with Crippen LogP contribution in [0, 0.1) is 0 Å². The Morgan fingerprint density at radius 2 is 2.17 bits per heavy atom. The average Bonchev–Trinajstić information content (AvgIpc) is 3.31. The summed E-state index contributed by atoms with van der Waals surface area (Å²) in [4.78, 5) is 26.1. The number of aromatic amines is 1. The highest BCUT2D eigenvalue weighted by atomic mass is 32.1. The van der Waals surface area contributed by atoms with Gasteiger partial charge in [0, 0.05) is 50.3 Å². The maximum atomic E-state index is 13.1. The molecule has 0 bridgehead atoms. The van der Waals surface area contributed by atoms with E-state index in [0.717, 1.165) is 56.3 Å². The van der Waals surface area contributed by atoms with Crippen molar-refractivity contribution in [2.24, 2.45) is 0 Å². The third kappa shape index (κ3) is 6.87. The quantitative estimate of drug-likeness (QED) is 0.389. The van der Waals surface area contributed by atoms with E-state index in [4.69, 9.17) is 19.2 Å². The van der Waals surface area contributed by atoms with Gasteiger partial charge in [-0.05, 0) is 24.6 Å². The van der Waals surface area contributed by atoms with Gasteiger partial charge in [-0.2, -0.15) is 0 Å². The summed E-state index contributed by atoms with van der Waals surface area (Å²) >= 11 is 1.46. The second-order valence-corrected chi connectivity index (χ2v) is 9.43. The van der Waals surface area contributed by atoms with E-state index in [0.29, 0.717) is 35.7 Å². The van der Waals surface area contributed by atoms with Gasteiger partial charge in [0.25, 0.3) is 5.56 Å². The van der Waals surface area contributed by atoms with Gasteiger partial charge in [0.2, 0.25) is 0 Å². The molecule has 10 heteroatoms. The molecule has 190 valence electrons. The predicted molar refractivity (Wildman–Crippen MR) is 137 cm³/mol. The Bertz CT molecular complexity index is 1140. The Morgan fingerprint density at radius 3 is 2.94 bits per heavy atom. The Balaban J connectivity index is 1.53. The van der Waals surface area contributed by atoms with Crippen LogP contribution >= 0.6 is 11.3 Å². The lowest BCUT2D eigenvalue weighted by Gasteiger charge is -2.30. The molecule has 0 saturated carbocycles. The minimum atomic E-state index is -0.614. The maximum absolute atomic E-state index is 13.1. The Hall–Kier alpha value is -2.34. The molecule has 35 heavy (non-hydrogen) atoms. The number of H-pyrrole nitrogens is 1. The molecule has 0 spiro atoms. The van der Waals surface area contributed by atoms with Gasteiger partial charge in [-0.3, -0.25) is 14.6 Å². The standard InChI is InChI=1S/C25H34N4O5S/c1-3-33-16-19(30)14-29(8-7-28-9-11-34-12-10-28)15-22-26-24(31)23-21(17-35-25(23)27-22)18-5-4-6-20(13-18)32-2/h4-6,13,17,19,30H,3,7-12,14-16H2,1-2H3,(H,26,27,31). The number of hydrogen-bond donors (Lipinski definition) is 2. The molecule has 1 atom stereocenters. The average molecular weight is 503 g/mol. The molecule has 3 aromatic rings. The Kier molecular flexibility index (Phi) is 9.25. The molecule has 1 aromatic carbocycles. The number of morpholine rings is 1. The molecule has 2 aromatic heterocycles. The van der Waals surface area contributed by atoms with Gasteiger partial charge in [0.05, 0.1) is 45.0 Å². The van der Waals surface area contributed by atoms with Gasteiger partial charge < -0.3 is 24.3 Å². The molecule has 4 rings (SSSR count). The SMILES string of the molecule is CCOCC(O)CN(CCN1CCOCC1)Cc1nc2scc(-c3cccc(OC)c3)c2c(=O)[nH]1. The molecule has 1 aliphatic rings. The van der Waals surface area contributed by atoms with Crippen molar-refractivity contribution in [3.05, 3.63) is 45.8 Å². The van der Waals surface area contributed by atoms with Gasteiger partial charge in [0.15, 0.2) is 0 Å². The molecular formula is C25H34N4O5S. The Labute approximate surface area is 209 Å². The molecule has 9 nitrogen and oxygen atoms in total. The molecule has 1 saturated heterocycles. The van der Waals surface area contributed by atoms with Crippen LogP contribution in [0.2, 0.25) is 0 Å². The van der Waals surface area contributed by atoms with E-state index in [2.05, 4.69) is 14.8 Å². The van der Waals surface area contributed by atoms with Crippen molar-refractivity contribution in [1.29, 1.82) is 0 Å². The molecule has 1 unspecified atom stereocenters. The number of nitrogens with one attached hydrogen (secondary N) is 1. The first-order valence-corrected chi connectivity index (χ1v) is 12.9. The fourth-order valence-corrected chi connectivity index (χ4v) is 5.20. The zero-order chi connectivity index (χ0) is 24.6. The number of benzene rings is 1. The van der Waals surface area contributed by atoms with Crippen molar-refractivity contribution in [1.82, 2.24) is 19.8 Å². The zero-order valence-electron chi connectivity index (χ0n) is 20.4. The second-order valence-electron chi connectivity index (χ2n) is 8.58. The third-order valence-corrected chi connectivity index (χ3v) is 6.94. The van der Waals surface area contributed by atoms with Gasteiger partial charge >= 0.3 is 0 Å². The molecule has 0 radical (unpaired) electrons. The molecular weight excluding hydrogens is 468 g/mol. The summed E-state index contributed by atoms with van der Waals surface area (Å²) in [6.45, 7) is 8.51. The first-order chi connectivity index (χ1) is 17.1. The first-order valence-electron chi connectivity index (χ1n) is 12.0. The number of nitrogens with zero attached hydrogens (tertiary/aromatic N) is 3. The molecule has 2 N–H and O–H groups in total. The molecule has 1 aliphatic heterocycles. The fourth-order valence-electron chi connectivity index (χ4n) is 4.23. The first kappa shape index (κ1) is 25.7. The summed E-state index contributed by atoms with van der Waals surface area (Å²) in [5.74, 6) is 1.33. The fraction of sp³-hybridized carbons (Fsp3) is 0.520. The summed E-state index contributed by atoms with van der Waals surface area (Å²) < 4.78 is 16.2. The van der Waals surface area contributed by atoms with Crippen LogP contribution < -0.4 is 10.3 Å². The Morgan fingerprint density at radius 1 is 1.34 bits per heavy atom. The minimum absolute atomic E-state index is 0.160. The third-order valence-electron chi connectivity index (χ3n) is 6.07. The zero-order valence-corrected chi connectivity index (χ0v) is 21.2. The number of aromatic nitrogens is 2. The lowest BCUT2D eigenvalue weighted by atomic mass is 10.1. The van der Waals surface area contributed by atoms with E-state index >= 15 is 0 Å². The number of rotatable bonds is 12. The summed E-state index contributed by atoms with van der Waals surface area (Å²) in [6, 6.07) is 7.67. The van der Waals surface area contributed by atoms with E-state index in [-0.39, 0.29) is 12.2 Å². The normalized spacial score (nSPS) is 15.7. The van der Waals surface area contributed by atoms with Crippen LogP contribution in [0.5, 0.6) is 5.75 Å². The molecule has 3 heterocycles. The van der Waals surface area contributed by atoms with E-state index in [1.54, 1.807) is 7.11 Å². The number of fused-ring (bicyclic) bond motifs is 1. The van der Waals surface area contributed by atoms with Crippen molar-refractivity contribution in [2.75, 3.05) is 66.3 Å². The van der Waals surface area contributed by atoms with Gasteiger partial charge in [-0.15, -0.1) is 11.3 Å². The van der Waals surface area contributed by atoms with Crippen LogP contribution in [0.15, 0.2) is 34.4 Å². The van der Waals surface area contributed by atoms with Crippen molar-refractivity contribution >= 4 is 21.6 Å². The van der Waals surface area contributed by atoms with Crippen LogP contribution in [-0.2, 0) is 16.0 Å². The van der Waals surface area contributed by atoms with Crippen molar-refractivity contribution in [3.8, 4) is 16.9 Å². The van der Waals surface area contributed by atoms with Gasteiger partial charge in [-0.1, -0.05) is 12.1 Å². The lowest BCUT2D eigenvalue weighted by Crippen LogP contribution is -2.43. The summed E-state index contributed by atoms with van der Waals surface area (Å²) in [5, 5.41) is 13.0. The number of hydrogen-bond acceptors (Lipinski definition) is 9. The molecule has 0 amide bonds. The predicted octanol–water partition coefficient (Wildman–Crippen LogP) is 2.19. The van der Waals surface area contributed by atoms with Crippen LogP contribution in [0.1, 0.15) is 12.7 Å². The van der Waals surface area contributed by atoms with Crippen molar-refractivity contribution in [3.63, 3.8) is 0 Å². The van der Waals surface area contributed by atoms with E-state index in [1.165, 1.54) is 11.3 Å². The summed E-state index contributed by atoms with van der Waals surface area (Å²) in [7, 11) is 1.63. The van der Waals surface area contributed by atoms with Crippen molar-refractivity contribution in [2.45, 2.75) is 19.6 Å². The van der Waals surface area contributed by atoms with Crippen LogP contribution in [0.25, 0.3) is 21.3 Å². The topological polar surface area (TPSA) is 100 Å². The summed E-state index contributed by atoms with van der Waals surface area (Å²) in [5.41, 5.74) is 1.61. The van der Waals surface area contributed by atoms with Gasteiger partial charge in [0.1, 0.15) is 16.4 Å². The van der Waals surface area contributed by atoms with Gasteiger partial charge in [-0.25, -0.2) is 4.98 Å². The highest BCUT2D eigenvalue weighted by Gasteiger charge is 2.19. The number of ether oxygens (including phenoxy) is 3. The van der Waals surface area contributed by atoms with E-state index < -0.39 is 6.10 Å². The molecule has 0 aliphatic carbocycles. The number of thiophene rings is 1. The van der Waals surface area contributed by atoms with E-state index in [9.17, 15) is 9.90 Å². The lowest BCUT2D eigenvalue weighted by molar-refractivity contribution is 0.00942. The largest absolute Gasteiger partial charge is 0.497 e. The highest BCUT2D eigenvalue weighted by Crippen LogP contribution is 2.32. The number of methoxy groups -OCH3 is 1. The monoisotopic (exact) mass is 502 g/mol. The number of aliphatic hydroxyl groups excluding tert-OH is 1. The second kappa shape index (κ2) is 12.6. The van der Waals surface area contributed by atoms with Crippen molar-refractivity contribution < 1.29 is 19.3 Å². The minimum Gasteiger partial charge on any atom is -0.497 e. The van der Waals surface area contributed by atoms with E-state index in [1.807, 2.05) is 36.6 Å². The van der Waals surface area contributed by atoms with Crippen LogP contribution in [0.4, 0.5) is 0 Å². The van der Waals surface area contributed by atoms with Crippen LogP contribution in [-0.4, -0.2) is 97.2 Å². The number of aliphatic hydroxyl groups is 1.